The van der Waals surface area contributed by atoms with Crippen LogP contribution in [0.1, 0.15) is 19.4 Å². The lowest BCUT2D eigenvalue weighted by atomic mass is 10.1. The molecular formula is C13H20N2O. The maximum absolute atomic E-state index is 9.23. The molecule has 0 radical (unpaired) electrons. The molecule has 0 aliphatic carbocycles. The summed E-state index contributed by atoms with van der Waals surface area (Å²) < 4.78 is 0. The molecule has 1 heterocycles. The fourth-order valence-corrected chi connectivity index (χ4v) is 2.15. The molecule has 0 saturated carbocycles. The van der Waals surface area contributed by atoms with Crippen LogP contribution in [-0.2, 0) is 6.54 Å². The molecule has 1 aliphatic rings. The highest BCUT2D eigenvalue weighted by atomic mass is 16.3. The summed E-state index contributed by atoms with van der Waals surface area (Å²) in [6, 6.07) is 8.64. The van der Waals surface area contributed by atoms with Gasteiger partial charge in [0.25, 0.3) is 0 Å². The number of nitrogens with one attached hydrogen (secondary N) is 1. The van der Waals surface area contributed by atoms with E-state index in [4.69, 9.17) is 0 Å². The van der Waals surface area contributed by atoms with Crippen LogP contribution in [0.4, 0.5) is 0 Å². The number of phenols is 1. The fourth-order valence-electron chi connectivity index (χ4n) is 2.15. The van der Waals surface area contributed by atoms with E-state index < -0.39 is 0 Å². The Bertz CT molecular complexity index is 336. The van der Waals surface area contributed by atoms with Gasteiger partial charge in [-0.3, -0.25) is 4.90 Å². The molecule has 0 amide bonds. The van der Waals surface area contributed by atoms with Crippen LogP contribution < -0.4 is 5.32 Å². The number of rotatable bonds is 2. The van der Waals surface area contributed by atoms with Gasteiger partial charge in [0, 0.05) is 31.7 Å². The zero-order valence-electron chi connectivity index (χ0n) is 9.98. The smallest absolute Gasteiger partial charge is 0.115 e. The Morgan fingerprint density at radius 3 is 2.69 bits per heavy atom. The molecular weight excluding hydrogens is 200 g/mol. The van der Waals surface area contributed by atoms with Gasteiger partial charge < -0.3 is 10.4 Å². The van der Waals surface area contributed by atoms with Crippen molar-refractivity contribution >= 4 is 0 Å². The number of aromatic hydroxyl groups is 1. The molecule has 88 valence electrons. The van der Waals surface area contributed by atoms with Crippen LogP contribution in [0.15, 0.2) is 24.3 Å². The van der Waals surface area contributed by atoms with Gasteiger partial charge >= 0.3 is 0 Å². The standard InChI is InChI=1S/C13H20N2O/c1-10-8-15(11(2)7-14-10)9-12-3-5-13(16)6-4-12/h3-6,10-11,14,16H,7-9H2,1-2H3/t10?,11-/m1/s1. The monoisotopic (exact) mass is 220 g/mol. The van der Waals surface area contributed by atoms with Gasteiger partial charge in [-0.15, -0.1) is 0 Å². The predicted octanol–water partition coefficient (Wildman–Crippen LogP) is 1.57. The van der Waals surface area contributed by atoms with Gasteiger partial charge in [0.15, 0.2) is 0 Å². The van der Waals surface area contributed by atoms with E-state index in [2.05, 4.69) is 24.1 Å². The zero-order valence-corrected chi connectivity index (χ0v) is 9.98. The SMILES string of the molecule is CC1CN(Cc2ccc(O)cc2)[C@H](C)CN1. The van der Waals surface area contributed by atoms with Gasteiger partial charge in [0.05, 0.1) is 0 Å². The van der Waals surface area contributed by atoms with Crippen LogP contribution in [0, 0.1) is 0 Å². The first-order chi connectivity index (χ1) is 7.65. The van der Waals surface area contributed by atoms with E-state index in [1.807, 2.05) is 12.1 Å². The fraction of sp³-hybridized carbons (Fsp3) is 0.538. The van der Waals surface area contributed by atoms with Crippen LogP contribution in [-0.4, -0.2) is 35.2 Å². The summed E-state index contributed by atoms with van der Waals surface area (Å²) in [6.07, 6.45) is 0. The van der Waals surface area contributed by atoms with Crippen molar-refractivity contribution in [3.05, 3.63) is 29.8 Å². The first-order valence-electron chi connectivity index (χ1n) is 5.90. The van der Waals surface area contributed by atoms with Gasteiger partial charge in [-0.2, -0.15) is 0 Å². The number of hydrogen-bond acceptors (Lipinski definition) is 3. The molecule has 1 aliphatic heterocycles. The Kier molecular flexibility index (Phi) is 3.46. The minimum Gasteiger partial charge on any atom is -0.508 e. The normalized spacial score (nSPS) is 26.9. The molecule has 2 N–H and O–H groups in total. The number of phenolic OH excluding ortho intramolecular Hbond substituents is 1. The number of benzene rings is 1. The second kappa shape index (κ2) is 4.85. The van der Waals surface area contributed by atoms with Crippen molar-refractivity contribution in [2.24, 2.45) is 0 Å². The Hall–Kier alpha value is -1.06. The van der Waals surface area contributed by atoms with E-state index in [-0.39, 0.29) is 0 Å². The first kappa shape index (κ1) is 11.4. The van der Waals surface area contributed by atoms with E-state index in [1.165, 1.54) is 5.56 Å². The molecule has 3 heteroatoms. The van der Waals surface area contributed by atoms with Crippen molar-refractivity contribution in [3.63, 3.8) is 0 Å². The summed E-state index contributed by atoms with van der Waals surface area (Å²) in [5.74, 6) is 0.338. The minimum atomic E-state index is 0.338. The summed E-state index contributed by atoms with van der Waals surface area (Å²) in [6.45, 7) is 7.57. The maximum Gasteiger partial charge on any atom is 0.115 e. The van der Waals surface area contributed by atoms with E-state index >= 15 is 0 Å². The summed E-state index contributed by atoms with van der Waals surface area (Å²) in [5.41, 5.74) is 1.26. The predicted molar refractivity (Wildman–Crippen MR) is 65.4 cm³/mol. The van der Waals surface area contributed by atoms with E-state index in [9.17, 15) is 5.11 Å². The highest BCUT2D eigenvalue weighted by molar-refractivity contribution is 5.25. The van der Waals surface area contributed by atoms with Crippen molar-refractivity contribution in [1.82, 2.24) is 10.2 Å². The Morgan fingerprint density at radius 1 is 1.31 bits per heavy atom. The first-order valence-corrected chi connectivity index (χ1v) is 5.90. The average Bonchev–Trinajstić information content (AvgIpc) is 2.27. The van der Waals surface area contributed by atoms with Crippen LogP contribution >= 0.6 is 0 Å². The second-order valence-corrected chi connectivity index (χ2v) is 4.75. The van der Waals surface area contributed by atoms with E-state index in [0.29, 0.717) is 17.8 Å². The molecule has 1 saturated heterocycles. The average molecular weight is 220 g/mol. The molecule has 1 aromatic rings. The number of hydrogen-bond donors (Lipinski definition) is 2. The molecule has 0 bridgehead atoms. The third-order valence-corrected chi connectivity index (χ3v) is 3.22. The summed E-state index contributed by atoms with van der Waals surface area (Å²) >= 11 is 0. The zero-order chi connectivity index (χ0) is 11.5. The second-order valence-electron chi connectivity index (χ2n) is 4.75. The Balaban J connectivity index is 2.00. The molecule has 1 aromatic carbocycles. The van der Waals surface area contributed by atoms with Gasteiger partial charge in [-0.05, 0) is 31.5 Å². The lowest BCUT2D eigenvalue weighted by molar-refractivity contribution is 0.139. The molecule has 3 nitrogen and oxygen atoms in total. The van der Waals surface area contributed by atoms with Gasteiger partial charge in [-0.25, -0.2) is 0 Å². The minimum absolute atomic E-state index is 0.338. The largest absolute Gasteiger partial charge is 0.508 e. The topological polar surface area (TPSA) is 35.5 Å². The van der Waals surface area contributed by atoms with Crippen molar-refractivity contribution in [2.75, 3.05) is 13.1 Å². The van der Waals surface area contributed by atoms with Crippen LogP contribution in [0.2, 0.25) is 0 Å². The Labute approximate surface area is 97.1 Å². The summed E-state index contributed by atoms with van der Waals surface area (Å²) in [5, 5.41) is 12.7. The van der Waals surface area contributed by atoms with E-state index in [0.717, 1.165) is 19.6 Å². The molecule has 2 rings (SSSR count). The van der Waals surface area contributed by atoms with Crippen molar-refractivity contribution in [3.8, 4) is 5.75 Å². The highest BCUT2D eigenvalue weighted by Crippen LogP contribution is 2.15. The quantitative estimate of drug-likeness (QED) is 0.794. The van der Waals surface area contributed by atoms with Gasteiger partial charge in [0.2, 0.25) is 0 Å². The van der Waals surface area contributed by atoms with Gasteiger partial charge in [-0.1, -0.05) is 12.1 Å². The lowest BCUT2D eigenvalue weighted by Crippen LogP contribution is -2.53. The number of nitrogens with zero attached hydrogens (tertiary/aromatic N) is 1. The molecule has 0 aromatic heterocycles. The number of piperazine rings is 1. The van der Waals surface area contributed by atoms with E-state index in [1.54, 1.807) is 12.1 Å². The Morgan fingerprint density at radius 2 is 2.00 bits per heavy atom. The van der Waals surface area contributed by atoms with Crippen molar-refractivity contribution in [2.45, 2.75) is 32.5 Å². The third kappa shape index (κ3) is 2.74. The van der Waals surface area contributed by atoms with Crippen LogP contribution in [0.25, 0.3) is 0 Å². The molecule has 2 atom stereocenters. The highest BCUT2D eigenvalue weighted by Gasteiger charge is 2.21. The van der Waals surface area contributed by atoms with Gasteiger partial charge in [0.1, 0.15) is 5.75 Å². The maximum atomic E-state index is 9.23. The molecule has 1 fully saturated rings. The third-order valence-electron chi connectivity index (χ3n) is 3.22. The van der Waals surface area contributed by atoms with Crippen molar-refractivity contribution in [1.29, 1.82) is 0 Å². The van der Waals surface area contributed by atoms with Crippen LogP contribution in [0.3, 0.4) is 0 Å². The molecule has 0 spiro atoms. The van der Waals surface area contributed by atoms with Crippen molar-refractivity contribution < 1.29 is 5.11 Å². The lowest BCUT2D eigenvalue weighted by Gasteiger charge is -2.37. The summed E-state index contributed by atoms with van der Waals surface area (Å²) in [4.78, 5) is 2.48. The van der Waals surface area contributed by atoms with Crippen LogP contribution in [0.5, 0.6) is 5.75 Å². The summed E-state index contributed by atoms with van der Waals surface area (Å²) in [7, 11) is 0. The molecule has 16 heavy (non-hydrogen) atoms. The molecule has 1 unspecified atom stereocenters.